The zero-order chi connectivity index (χ0) is 11.6. The smallest absolute Gasteiger partial charge is 0.124 e. The number of hydrogen-bond acceptors (Lipinski definition) is 2. The molecule has 0 saturated carbocycles. The average molecular weight is 224 g/mol. The third-order valence-electron chi connectivity index (χ3n) is 2.06. The minimum absolute atomic E-state index is 0.257. The summed E-state index contributed by atoms with van der Waals surface area (Å²) in [6, 6.07) is 4.39. The molecular formula is C13H20OS. The summed E-state index contributed by atoms with van der Waals surface area (Å²) in [5, 5.41) is 0. The van der Waals surface area contributed by atoms with Gasteiger partial charge in [0, 0.05) is 9.64 Å². The van der Waals surface area contributed by atoms with Crippen LogP contribution in [0.25, 0.3) is 0 Å². The predicted molar refractivity (Wildman–Crippen MR) is 68.1 cm³/mol. The van der Waals surface area contributed by atoms with E-state index in [9.17, 15) is 0 Å². The lowest BCUT2D eigenvalue weighted by Gasteiger charge is -2.19. The van der Waals surface area contributed by atoms with Gasteiger partial charge in [-0.15, -0.1) is 11.8 Å². The van der Waals surface area contributed by atoms with Crippen LogP contribution in [-0.4, -0.2) is 11.9 Å². The van der Waals surface area contributed by atoms with Crippen LogP contribution in [-0.2, 0) is 0 Å². The Balaban J connectivity index is 3.04. The second-order valence-electron chi connectivity index (χ2n) is 4.80. The summed E-state index contributed by atoms with van der Waals surface area (Å²) >= 11 is 1.89. The number of aryl methyl sites for hydroxylation is 2. The van der Waals surface area contributed by atoms with Gasteiger partial charge < -0.3 is 4.74 Å². The third-order valence-corrected chi connectivity index (χ3v) is 3.15. The molecule has 0 spiro atoms. The Kier molecular flexibility index (Phi) is 3.72. The normalized spacial score (nSPS) is 11.6. The number of benzene rings is 1. The first-order valence-electron chi connectivity index (χ1n) is 5.18. The SMILES string of the molecule is COc1c(C)cc(SC(C)(C)C)cc1C. The highest BCUT2D eigenvalue weighted by molar-refractivity contribution is 8.00. The standard InChI is InChI=1S/C13H20OS/c1-9-7-11(15-13(3,4)5)8-10(2)12(9)14-6/h7-8H,1-6H3. The van der Waals surface area contributed by atoms with E-state index in [1.54, 1.807) is 7.11 Å². The summed E-state index contributed by atoms with van der Waals surface area (Å²) in [7, 11) is 1.73. The largest absolute Gasteiger partial charge is 0.496 e. The van der Waals surface area contributed by atoms with Gasteiger partial charge in [-0.3, -0.25) is 0 Å². The molecule has 0 aliphatic heterocycles. The second kappa shape index (κ2) is 4.48. The first-order chi connectivity index (χ1) is 6.83. The molecule has 1 nitrogen and oxygen atoms in total. The van der Waals surface area contributed by atoms with E-state index in [0.717, 1.165) is 5.75 Å². The lowest BCUT2D eigenvalue weighted by molar-refractivity contribution is 0.408. The van der Waals surface area contributed by atoms with Gasteiger partial charge in [-0.2, -0.15) is 0 Å². The lowest BCUT2D eigenvalue weighted by Crippen LogP contribution is -2.06. The van der Waals surface area contributed by atoms with Gasteiger partial charge in [0.05, 0.1) is 7.11 Å². The van der Waals surface area contributed by atoms with Crippen molar-refractivity contribution in [3.05, 3.63) is 23.3 Å². The van der Waals surface area contributed by atoms with Crippen LogP contribution in [0.5, 0.6) is 5.75 Å². The van der Waals surface area contributed by atoms with Gasteiger partial charge in [-0.25, -0.2) is 0 Å². The van der Waals surface area contributed by atoms with Gasteiger partial charge in [0.15, 0.2) is 0 Å². The summed E-state index contributed by atoms with van der Waals surface area (Å²) in [6.45, 7) is 10.9. The summed E-state index contributed by atoms with van der Waals surface area (Å²) in [6.07, 6.45) is 0. The molecule has 84 valence electrons. The molecule has 15 heavy (non-hydrogen) atoms. The van der Waals surface area contributed by atoms with Crippen LogP contribution in [0.2, 0.25) is 0 Å². The topological polar surface area (TPSA) is 9.23 Å². The number of hydrogen-bond donors (Lipinski definition) is 0. The van der Waals surface area contributed by atoms with Gasteiger partial charge in [-0.05, 0) is 37.1 Å². The number of thioether (sulfide) groups is 1. The van der Waals surface area contributed by atoms with Gasteiger partial charge in [0.2, 0.25) is 0 Å². The van der Waals surface area contributed by atoms with Crippen LogP contribution < -0.4 is 4.74 Å². The average Bonchev–Trinajstić information content (AvgIpc) is 1.99. The molecule has 0 radical (unpaired) electrons. The van der Waals surface area contributed by atoms with Crippen molar-refractivity contribution in [1.82, 2.24) is 0 Å². The highest BCUT2D eigenvalue weighted by Gasteiger charge is 2.14. The summed E-state index contributed by atoms with van der Waals surface area (Å²) in [5.74, 6) is 1.01. The molecule has 1 aromatic carbocycles. The van der Waals surface area contributed by atoms with E-state index in [1.165, 1.54) is 16.0 Å². The highest BCUT2D eigenvalue weighted by atomic mass is 32.2. The molecule has 0 bridgehead atoms. The maximum atomic E-state index is 5.35. The van der Waals surface area contributed by atoms with Gasteiger partial charge in [0.25, 0.3) is 0 Å². The van der Waals surface area contributed by atoms with Gasteiger partial charge in [0.1, 0.15) is 5.75 Å². The third kappa shape index (κ3) is 3.45. The molecule has 0 saturated heterocycles. The first-order valence-corrected chi connectivity index (χ1v) is 5.99. The number of rotatable bonds is 2. The molecular weight excluding hydrogens is 204 g/mol. The van der Waals surface area contributed by atoms with E-state index in [-0.39, 0.29) is 4.75 Å². The van der Waals surface area contributed by atoms with Crippen LogP contribution in [0, 0.1) is 13.8 Å². The molecule has 0 fully saturated rings. The van der Waals surface area contributed by atoms with Gasteiger partial charge >= 0.3 is 0 Å². The molecule has 0 aliphatic carbocycles. The van der Waals surface area contributed by atoms with Crippen molar-refractivity contribution in [2.75, 3.05) is 7.11 Å². The summed E-state index contributed by atoms with van der Waals surface area (Å²) < 4.78 is 5.61. The highest BCUT2D eigenvalue weighted by Crippen LogP contribution is 2.35. The molecule has 1 aromatic rings. The predicted octanol–water partition coefficient (Wildman–Crippen LogP) is 4.20. The van der Waals surface area contributed by atoms with Crippen LogP contribution in [0.4, 0.5) is 0 Å². The Morgan fingerprint density at radius 2 is 1.53 bits per heavy atom. The fraction of sp³-hybridized carbons (Fsp3) is 0.538. The van der Waals surface area contributed by atoms with E-state index < -0.39 is 0 Å². The Bertz CT molecular complexity index is 327. The summed E-state index contributed by atoms with van der Waals surface area (Å²) in [4.78, 5) is 1.32. The molecule has 0 unspecified atom stereocenters. The van der Waals surface area contributed by atoms with Crippen LogP contribution in [0.3, 0.4) is 0 Å². The van der Waals surface area contributed by atoms with E-state index in [0.29, 0.717) is 0 Å². The maximum Gasteiger partial charge on any atom is 0.124 e. The minimum Gasteiger partial charge on any atom is -0.496 e. The fourth-order valence-corrected chi connectivity index (χ4v) is 2.82. The molecule has 0 atom stereocenters. The maximum absolute atomic E-state index is 5.35. The Morgan fingerprint density at radius 1 is 1.07 bits per heavy atom. The van der Waals surface area contributed by atoms with Crippen molar-refractivity contribution in [3.8, 4) is 5.75 Å². The van der Waals surface area contributed by atoms with Crippen molar-refractivity contribution < 1.29 is 4.74 Å². The molecule has 0 heterocycles. The van der Waals surface area contributed by atoms with Crippen molar-refractivity contribution >= 4 is 11.8 Å². The van der Waals surface area contributed by atoms with Crippen molar-refractivity contribution in [1.29, 1.82) is 0 Å². The Labute approximate surface area is 97.2 Å². The van der Waals surface area contributed by atoms with Crippen molar-refractivity contribution in [2.45, 2.75) is 44.3 Å². The Morgan fingerprint density at radius 3 is 1.87 bits per heavy atom. The minimum atomic E-state index is 0.257. The van der Waals surface area contributed by atoms with Crippen LogP contribution >= 0.6 is 11.8 Å². The van der Waals surface area contributed by atoms with E-state index in [1.807, 2.05) is 11.8 Å². The fourth-order valence-electron chi connectivity index (χ4n) is 1.64. The van der Waals surface area contributed by atoms with Crippen molar-refractivity contribution in [2.24, 2.45) is 0 Å². The zero-order valence-corrected chi connectivity index (χ0v) is 11.3. The first kappa shape index (κ1) is 12.4. The lowest BCUT2D eigenvalue weighted by atomic mass is 10.1. The molecule has 1 rings (SSSR count). The molecule has 0 aromatic heterocycles. The second-order valence-corrected chi connectivity index (χ2v) is 6.71. The molecule has 0 amide bonds. The summed E-state index contributed by atoms with van der Waals surface area (Å²) in [5.41, 5.74) is 2.42. The quantitative estimate of drug-likeness (QED) is 0.696. The van der Waals surface area contributed by atoms with Gasteiger partial charge in [-0.1, -0.05) is 20.8 Å². The number of methoxy groups -OCH3 is 1. The van der Waals surface area contributed by atoms with E-state index >= 15 is 0 Å². The van der Waals surface area contributed by atoms with Crippen LogP contribution in [0.15, 0.2) is 17.0 Å². The molecule has 0 aliphatic rings. The van der Waals surface area contributed by atoms with Crippen LogP contribution in [0.1, 0.15) is 31.9 Å². The monoisotopic (exact) mass is 224 g/mol. The van der Waals surface area contributed by atoms with Crippen molar-refractivity contribution in [3.63, 3.8) is 0 Å². The Hall–Kier alpha value is -0.630. The number of ether oxygens (including phenoxy) is 1. The van der Waals surface area contributed by atoms with E-state index in [4.69, 9.17) is 4.74 Å². The van der Waals surface area contributed by atoms with E-state index in [2.05, 4.69) is 46.8 Å². The zero-order valence-electron chi connectivity index (χ0n) is 10.5. The molecule has 0 N–H and O–H groups in total. The molecule has 2 heteroatoms.